The average molecular weight is 202 g/mol. The first-order valence-electron chi connectivity index (χ1n) is 5.44. The quantitative estimate of drug-likeness (QED) is 0.674. The van der Waals surface area contributed by atoms with E-state index in [1.54, 1.807) is 0 Å². The van der Waals surface area contributed by atoms with Crippen LogP contribution in [0.5, 0.6) is 0 Å². The lowest BCUT2D eigenvalue weighted by atomic mass is 9.92. The highest BCUT2D eigenvalue weighted by molar-refractivity contribution is 5.74. The summed E-state index contributed by atoms with van der Waals surface area (Å²) in [5.41, 5.74) is 2.31. The van der Waals surface area contributed by atoms with Crippen molar-refractivity contribution in [2.24, 2.45) is 5.92 Å². The topological polar surface area (TPSA) is 0 Å². The van der Waals surface area contributed by atoms with E-state index in [2.05, 4.69) is 25.2 Å². The molecular formula is C14H15F. The van der Waals surface area contributed by atoms with Gasteiger partial charge in [-0.15, -0.1) is 0 Å². The van der Waals surface area contributed by atoms with Crippen LogP contribution < -0.4 is 0 Å². The fraction of sp³-hybridized carbons (Fsp3) is 0.286. The van der Waals surface area contributed by atoms with Gasteiger partial charge in [0.25, 0.3) is 0 Å². The summed E-state index contributed by atoms with van der Waals surface area (Å²) in [7, 11) is 0. The minimum absolute atomic E-state index is 0.175. The van der Waals surface area contributed by atoms with E-state index in [4.69, 9.17) is 0 Å². The van der Waals surface area contributed by atoms with Crippen molar-refractivity contribution in [3.8, 4) is 0 Å². The van der Waals surface area contributed by atoms with Crippen LogP contribution in [0.2, 0.25) is 0 Å². The molecule has 0 fully saturated rings. The molecular weight excluding hydrogens is 187 g/mol. The summed E-state index contributed by atoms with van der Waals surface area (Å²) in [6.07, 6.45) is 8.91. The molecule has 0 spiro atoms. The van der Waals surface area contributed by atoms with Crippen LogP contribution in [0.15, 0.2) is 42.5 Å². The Hall–Kier alpha value is -1.37. The lowest BCUT2D eigenvalue weighted by molar-refractivity contribution is 0.627. The molecule has 0 saturated heterocycles. The Kier molecular flexibility index (Phi) is 3.00. The van der Waals surface area contributed by atoms with Crippen LogP contribution in [0.4, 0.5) is 4.39 Å². The molecule has 2 rings (SSSR count). The molecule has 1 aliphatic rings. The summed E-state index contributed by atoms with van der Waals surface area (Å²) in [6.45, 7) is 2.20. The third-order valence-electron chi connectivity index (χ3n) is 2.89. The van der Waals surface area contributed by atoms with Gasteiger partial charge in [-0.3, -0.25) is 0 Å². The summed E-state index contributed by atoms with van der Waals surface area (Å²) < 4.78 is 12.7. The van der Waals surface area contributed by atoms with Crippen molar-refractivity contribution in [1.82, 2.24) is 0 Å². The van der Waals surface area contributed by atoms with Gasteiger partial charge in [-0.1, -0.05) is 37.3 Å². The van der Waals surface area contributed by atoms with Crippen molar-refractivity contribution < 1.29 is 4.39 Å². The van der Waals surface area contributed by atoms with Crippen LogP contribution in [0.1, 0.15) is 25.3 Å². The van der Waals surface area contributed by atoms with Crippen molar-refractivity contribution >= 4 is 5.57 Å². The van der Waals surface area contributed by atoms with Gasteiger partial charge in [0, 0.05) is 0 Å². The van der Waals surface area contributed by atoms with Gasteiger partial charge in [-0.25, -0.2) is 4.39 Å². The minimum atomic E-state index is -0.175. The highest BCUT2D eigenvalue weighted by atomic mass is 19.1. The molecule has 0 aromatic heterocycles. The summed E-state index contributed by atoms with van der Waals surface area (Å²) in [5, 5.41) is 0. The van der Waals surface area contributed by atoms with E-state index in [9.17, 15) is 4.39 Å². The molecule has 1 atom stereocenters. The average Bonchev–Trinajstić information content (AvgIpc) is 2.30. The van der Waals surface area contributed by atoms with Gasteiger partial charge in [-0.05, 0) is 42.0 Å². The zero-order chi connectivity index (χ0) is 10.7. The second kappa shape index (κ2) is 4.43. The molecule has 0 radical (unpaired) electrons. The normalized spacial score (nSPS) is 20.1. The van der Waals surface area contributed by atoms with Gasteiger partial charge < -0.3 is 0 Å². The number of hydrogen-bond acceptors (Lipinski definition) is 0. The predicted molar refractivity (Wildman–Crippen MR) is 61.9 cm³/mol. The zero-order valence-electron chi connectivity index (χ0n) is 8.91. The molecule has 1 heteroatoms. The molecule has 78 valence electrons. The predicted octanol–water partition coefficient (Wildman–Crippen LogP) is 4.20. The van der Waals surface area contributed by atoms with E-state index >= 15 is 0 Å². The van der Waals surface area contributed by atoms with E-state index in [0.717, 1.165) is 12.0 Å². The number of benzene rings is 1. The van der Waals surface area contributed by atoms with Gasteiger partial charge in [-0.2, -0.15) is 0 Å². The van der Waals surface area contributed by atoms with Crippen molar-refractivity contribution in [1.29, 1.82) is 0 Å². The smallest absolute Gasteiger partial charge is 0.123 e. The van der Waals surface area contributed by atoms with E-state index in [1.165, 1.54) is 24.1 Å². The van der Waals surface area contributed by atoms with Gasteiger partial charge in [0.1, 0.15) is 5.82 Å². The van der Waals surface area contributed by atoms with Gasteiger partial charge in [0.05, 0.1) is 0 Å². The second-order valence-electron chi connectivity index (χ2n) is 3.93. The zero-order valence-corrected chi connectivity index (χ0v) is 8.91. The van der Waals surface area contributed by atoms with Crippen LogP contribution in [0.25, 0.3) is 5.57 Å². The Labute approximate surface area is 90.1 Å². The molecule has 1 aliphatic carbocycles. The van der Waals surface area contributed by atoms with Crippen LogP contribution in [0, 0.1) is 11.7 Å². The summed E-state index contributed by atoms with van der Waals surface area (Å²) in [6, 6.07) is 6.68. The van der Waals surface area contributed by atoms with Crippen LogP contribution in [0.3, 0.4) is 0 Å². The van der Waals surface area contributed by atoms with Gasteiger partial charge in [0.2, 0.25) is 0 Å². The minimum Gasteiger partial charge on any atom is -0.207 e. The Morgan fingerprint density at radius 1 is 1.27 bits per heavy atom. The molecule has 1 aromatic carbocycles. The standard InChI is InChI=1S/C14H15F/c1-2-11-3-5-12(6-4-11)13-7-9-14(15)10-8-13/h3,5-11H,2,4H2,1H3. The number of hydrogen-bond donors (Lipinski definition) is 0. The Morgan fingerprint density at radius 2 is 2.00 bits per heavy atom. The van der Waals surface area contributed by atoms with E-state index in [1.807, 2.05) is 12.1 Å². The molecule has 0 aliphatic heterocycles. The molecule has 1 unspecified atom stereocenters. The molecule has 15 heavy (non-hydrogen) atoms. The Bertz CT molecular complexity index is 384. The molecule has 0 N–H and O–H groups in total. The SMILES string of the molecule is CCC1C=CC(c2ccc(F)cc2)=CC1. The maximum atomic E-state index is 12.7. The van der Waals surface area contributed by atoms with Gasteiger partial charge in [0.15, 0.2) is 0 Å². The number of halogens is 1. The Balaban J connectivity index is 2.17. The summed E-state index contributed by atoms with van der Waals surface area (Å²) in [5.74, 6) is 0.500. The second-order valence-corrected chi connectivity index (χ2v) is 3.93. The number of rotatable bonds is 2. The highest BCUT2D eigenvalue weighted by Gasteiger charge is 2.07. The molecule has 0 bridgehead atoms. The first-order valence-corrected chi connectivity index (χ1v) is 5.44. The lowest BCUT2D eigenvalue weighted by Crippen LogP contribution is -1.97. The Morgan fingerprint density at radius 3 is 2.53 bits per heavy atom. The largest absolute Gasteiger partial charge is 0.207 e. The summed E-state index contributed by atoms with van der Waals surface area (Å²) in [4.78, 5) is 0. The summed E-state index contributed by atoms with van der Waals surface area (Å²) >= 11 is 0. The molecule has 0 nitrogen and oxygen atoms in total. The highest BCUT2D eigenvalue weighted by Crippen LogP contribution is 2.25. The molecule has 1 aromatic rings. The fourth-order valence-corrected chi connectivity index (χ4v) is 1.82. The third-order valence-corrected chi connectivity index (χ3v) is 2.89. The van der Waals surface area contributed by atoms with Gasteiger partial charge >= 0.3 is 0 Å². The van der Waals surface area contributed by atoms with Crippen LogP contribution >= 0.6 is 0 Å². The van der Waals surface area contributed by atoms with E-state index < -0.39 is 0 Å². The molecule has 0 heterocycles. The maximum absolute atomic E-state index is 12.7. The molecule has 0 amide bonds. The van der Waals surface area contributed by atoms with E-state index in [-0.39, 0.29) is 5.82 Å². The molecule has 0 saturated carbocycles. The maximum Gasteiger partial charge on any atom is 0.123 e. The van der Waals surface area contributed by atoms with Crippen molar-refractivity contribution in [2.45, 2.75) is 19.8 Å². The first kappa shape index (κ1) is 10.2. The van der Waals surface area contributed by atoms with Crippen molar-refractivity contribution in [2.75, 3.05) is 0 Å². The lowest BCUT2D eigenvalue weighted by Gasteiger charge is -2.14. The van der Waals surface area contributed by atoms with Crippen molar-refractivity contribution in [3.05, 3.63) is 53.9 Å². The van der Waals surface area contributed by atoms with Crippen molar-refractivity contribution in [3.63, 3.8) is 0 Å². The fourth-order valence-electron chi connectivity index (χ4n) is 1.82. The first-order chi connectivity index (χ1) is 7.29. The number of allylic oxidation sites excluding steroid dienone is 4. The van der Waals surface area contributed by atoms with E-state index in [0.29, 0.717) is 5.92 Å². The third kappa shape index (κ3) is 2.35. The van der Waals surface area contributed by atoms with Crippen LogP contribution in [-0.4, -0.2) is 0 Å². The monoisotopic (exact) mass is 202 g/mol. The van der Waals surface area contributed by atoms with Crippen LogP contribution in [-0.2, 0) is 0 Å².